The number of ketones is 1. The van der Waals surface area contributed by atoms with Crippen LogP contribution in [0.25, 0.3) is 0 Å². The SMILES string of the molecule is Cl.O=C1CC[C@@]2(OCCCc3ccccc3)[C@H]3Cc4ccc(O)c5c4[C@@]2(CCN3CC2CC2)C1O5. The third kappa shape index (κ3) is 3.31. The summed E-state index contributed by atoms with van der Waals surface area (Å²) >= 11 is 0. The molecule has 7 rings (SSSR count). The first-order valence-corrected chi connectivity index (χ1v) is 13.1. The van der Waals surface area contributed by atoms with Gasteiger partial charge >= 0.3 is 0 Å². The van der Waals surface area contributed by atoms with Crippen molar-refractivity contribution in [3.8, 4) is 11.5 Å². The van der Waals surface area contributed by atoms with E-state index in [-0.39, 0.29) is 30.0 Å². The van der Waals surface area contributed by atoms with E-state index in [2.05, 4.69) is 41.3 Å². The van der Waals surface area contributed by atoms with Gasteiger partial charge in [-0.3, -0.25) is 9.69 Å². The second-order valence-corrected chi connectivity index (χ2v) is 11.1. The fourth-order valence-electron chi connectivity index (χ4n) is 7.71. The molecular formula is C29H34ClNO4. The third-order valence-corrected chi connectivity index (χ3v) is 9.33. The van der Waals surface area contributed by atoms with Crippen LogP contribution in [0.4, 0.5) is 0 Å². The highest BCUT2D eigenvalue weighted by Gasteiger charge is 2.74. The number of piperidine rings is 1. The number of ether oxygens (including phenoxy) is 2. The number of aromatic hydroxyl groups is 1. The number of benzene rings is 2. The molecular weight excluding hydrogens is 462 g/mol. The van der Waals surface area contributed by atoms with Crippen LogP contribution in [0.15, 0.2) is 42.5 Å². The number of rotatable bonds is 7. The molecule has 2 aromatic carbocycles. The van der Waals surface area contributed by atoms with Crippen LogP contribution in [0.2, 0.25) is 0 Å². The van der Waals surface area contributed by atoms with Crippen molar-refractivity contribution < 1.29 is 19.4 Å². The number of halogens is 1. The Balaban J connectivity index is 0.00000229. The summed E-state index contributed by atoms with van der Waals surface area (Å²) in [7, 11) is 0. The highest BCUT2D eigenvalue weighted by molar-refractivity contribution is 5.90. The highest BCUT2D eigenvalue weighted by atomic mass is 35.5. The van der Waals surface area contributed by atoms with Crippen LogP contribution in [0, 0.1) is 5.92 Å². The van der Waals surface area contributed by atoms with E-state index in [1.54, 1.807) is 6.07 Å². The van der Waals surface area contributed by atoms with Gasteiger partial charge in [0.25, 0.3) is 0 Å². The molecule has 1 saturated heterocycles. The largest absolute Gasteiger partial charge is 0.504 e. The van der Waals surface area contributed by atoms with Crippen molar-refractivity contribution in [1.82, 2.24) is 4.90 Å². The summed E-state index contributed by atoms with van der Waals surface area (Å²) in [5, 5.41) is 10.7. The Hall–Kier alpha value is -2.08. The van der Waals surface area contributed by atoms with Crippen LogP contribution in [-0.4, -0.2) is 53.2 Å². The summed E-state index contributed by atoms with van der Waals surface area (Å²) in [6.45, 7) is 2.78. The number of carbonyl (C=O) groups excluding carboxylic acids is 1. The van der Waals surface area contributed by atoms with Gasteiger partial charge in [0.05, 0.1) is 11.0 Å². The molecule has 35 heavy (non-hydrogen) atoms. The van der Waals surface area contributed by atoms with Gasteiger partial charge in [0.2, 0.25) is 0 Å². The quantitative estimate of drug-likeness (QED) is 0.569. The van der Waals surface area contributed by atoms with E-state index in [4.69, 9.17) is 9.47 Å². The van der Waals surface area contributed by atoms with E-state index < -0.39 is 17.1 Å². The van der Waals surface area contributed by atoms with Gasteiger partial charge in [0.15, 0.2) is 23.4 Å². The minimum atomic E-state index is -0.539. The Morgan fingerprint density at radius 2 is 1.94 bits per heavy atom. The average Bonchev–Trinajstić information content (AvgIpc) is 3.59. The molecule has 2 heterocycles. The minimum absolute atomic E-state index is 0. The predicted molar refractivity (Wildman–Crippen MR) is 136 cm³/mol. The van der Waals surface area contributed by atoms with Gasteiger partial charge in [0, 0.05) is 31.2 Å². The monoisotopic (exact) mass is 495 g/mol. The molecule has 0 radical (unpaired) electrons. The fourth-order valence-corrected chi connectivity index (χ4v) is 7.71. The predicted octanol–water partition coefficient (Wildman–Crippen LogP) is 4.60. The van der Waals surface area contributed by atoms with Gasteiger partial charge in [-0.1, -0.05) is 36.4 Å². The molecule has 1 N–H and O–H groups in total. The standard InChI is InChI=1S/C29H33NO4.ClH/c31-22-11-10-21-17-24-29(33-16-4-7-19-5-2-1-3-6-19)13-12-23(32)27-28(29,25(21)26(22)34-27)14-15-30(24)18-20-8-9-20;/h1-3,5-6,10-11,20,24,27,31H,4,7-9,12-18H2;1H/t24-,27?,28+,29-;/m1./s1. The molecule has 0 aromatic heterocycles. The number of nitrogens with zero attached hydrogens (tertiary/aromatic N) is 1. The summed E-state index contributed by atoms with van der Waals surface area (Å²) < 4.78 is 13.4. The molecule has 2 bridgehead atoms. The smallest absolute Gasteiger partial charge is 0.174 e. The number of carbonyl (C=O) groups is 1. The molecule has 0 amide bonds. The average molecular weight is 496 g/mol. The first-order chi connectivity index (χ1) is 16.6. The minimum Gasteiger partial charge on any atom is -0.504 e. The molecule has 2 saturated carbocycles. The summed E-state index contributed by atoms with van der Waals surface area (Å²) in [5.41, 5.74) is 2.72. The molecule has 6 heteroatoms. The zero-order valence-electron chi connectivity index (χ0n) is 20.1. The number of aryl methyl sites for hydroxylation is 1. The lowest BCUT2D eigenvalue weighted by Gasteiger charge is -2.64. The van der Waals surface area contributed by atoms with E-state index in [0.29, 0.717) is 18.8 Å². The number of hydrogen-bond acceptors (Lipinski definition) is 5. The van der Waals surface area contributed by atoms with E-state index in [1.807, 2.05) is 0 Å². The van der Waals surface area contributed by atoms with Crippen LogP contribution in [0.1, 0.15) is 55.2 Å². The van der Waals surface area contributed by atoms with E-state index in [0.717, 1.165) is 56.7 Å². The number of Topliss-reactive ketones (excluding diaryl/α,β-unsaturated/α-hetero) is 1. The Labute approximate surface area is 213 Å². The fraction of sp³-hybridized carbons (Fsp3) is 0.552. The number of phenols is 1. The lowest BCUT2D eigenvalue weighted by Crippen LogP contribution is -2.77. The summed E-state index contributed by atoms with van der Waals surface area (Å²) in [6, 6.07) is 14.7. The van der Waals surface area contributed by atoms with E-state index in [1.165, 1.54) is 24.0 Å². The van der Waals surface area contributed by atoms with Gasteiger partial charge in [-0.05, 0) is 74.6 Å². The Morgan fingerprint density at radius 3 is 2.74 bits per heavy atom. The van der Waals surface area contributed by atoms with Crippen molar-refractivity contribution in [1.29, 1.82) is 0 Å². The summed E-state index contributed by atoms with van der Waals surface area (Å²) in [5.74, 6) is 1.68. The lowest BCUT2D eigenvalue weighted by atomic mass is 9.48. The summed E-state index contributed by atoms with van der Waals surface area (Å²) in [6.07, 6.45) is 7.06. The number of hydrogen-bond donors (Lipinski definition) is 1. The first-order valence-electron chi connectivity index (χ1n) is 13.1. The number of phenolic OH excluding ortho intramolecular Hbond substituents is 1. The van der Waals surface area contributed by atoms with Gasteiger partial charge < -0.3 is 14.6 Å². The van der Waals surface area contributed by atoms with Gasteiger partial charge in [-0.2, -0.15) is 0 Å². The molecule has 186 valence electrons. The van der Waals surface area contributed by atoms with Gasteiger partial charge in [-0.15, -0.1) is 12.4 Å². The van der Waals surface area contributed by atoms with Gasteiger partial charge in [0.1, 0.15) is 0 Å². The first kappa shape index (κ1) is 23.3. The molecule has 3 aliphatic carbocycles. The topological polar surface area (TPSA) is 59.0 Å². The normalized spacial score (nSPS) is 32.5. The zero-order chi connectivity index (χ0) is 22.9. The Kier molecular flexibility index (Phi) is 5.66. The van der Waals surface area contributed by atoms with Crippen LogP contribution < -0.4 is 4.74 Å². The molecule has 4 atom stereocenters. The maximum Gasteiger partial charge on any atom is 0.174 e. The zero-order valence-corrected chi connectivity index (χ0v) is 20.9. The van der Waals surface area contributed by atoms with Crippen LogP contribution in [-0.2, 0) is 27.8 Å². The maximum absolute atomic E-state index is 13.3. The van der Waals surface area contributed by atoms with Gasteiger partial charge in [-0.25, -0.2) is 0 Å². The third-order valence-electron chi connectivity index (χ3n) is 9.33. The van der Waals surface area contributed by atoms with Crippen LogP contribution >= 0.6 is 12.4 Å². The molecule has 5 nitrogen and oxygen atoms in total. The van der Waals surface area contributed by atoms with E-state index in [9.17, 15) is 9.90 Å². The maximum atomic E-state index is 13.3. The summed E-state index contributed by atoms with van der Waals surface area (Å²) in [4.78, 5) is 16.0. The van der Waals surface area contributed by atoms with Crippen molar-refractivity contribution >= 4 is 18.2 Å². The molecule has 2 aromatic rings. The molecule has 1 spiro atoms. The second-order valence-electron chi connectivity index (χ2n) is 11.1. The Morgan fingerprint density at radius 1 is 1.11 bits per heavy atom. The van der Waals surface area contributed by atoms with Crippen molar-refractivity contribution in [2.45, 2.75) is 74.5 Å². The van der Waals surface area contributed by atoms with Crippen LogP contribution in [0.3, 0.4) is 0 Å². The van der Waals surface area contributed by atoms with Crippen molar-refractivity contribution in [3.05, 3.63) is 59.2 Å². The Bertz CT molecular complexity index is 1140. The van der Waals surface area contributed by atoms with Crippen molar-refractivity contribution in [2.75, 3.05) is 19.7 Å². The molecule has 5 aliphatic rings. The highest BCUT2D eigenvalue weighted by Crippen LogP contribution is 2.66. The molecule has 1 unspecified atom stereocenters. The van der Waals surface area contributed by atoms with Crippen molar-refractivity contribution in [2.24, 2.45) is 5.92 Å². The van der Waals surface area contributed by atoms with Crippen LogP contribution in [0.5, 0.6) is 11.5 Å². The van der Waals surface area contributed by atoms with Crippen molar-refractivity contribution in [3.63, 3.8) is 0 Å². The van der Waals surface area contributed by atoms with E-state index >= 15 is 0 Å². The molecule has 2 aliphatic heterocycles. The lowest BCUT2D eigenvalue weighted by molar-refractivity contribution is -0.213. The molecule has 3 fully saturated rings. The number of likely N-dealkylation sites (tertiary alicyclic amines) is 1. The second kappa shape index (κ2) is 8.50.